The number of hydrogen-bond donors (Lipinski definition) is 0. The fourth-order valence-corrected chi connectivity index (χ4v) is 2.22. The van der Waals surface area contributed by atoms with Crippen molar-refractivity contribution in [3.63, 3.8) is 0 Å². The Morgan fingerprint density at radius 2 is 2.06 bits per heavy atom. The molecule has 0 spiro atoms. The molecule has 2 atom stereocenters. The number of nitrogens with zero attached hydrogens (tertiary/aromatic N) is 1. The number of carbonyl (C=O) groups is 2. The van der Waals surface area contributed by atoms with Gasteiger partial charge in [0.05, 0.1) is 11.4 Å². The van der Waals surface area contributed by atoms with Crippen LogP contribution in [-0.2, 0) is 9.53 Å². The van der Waals surface area contributed by atoms with E-state index in [2.05, 4.69) is 15.9 Å². The van der Waals surface area contributed by atoms with Crippen LogP contribution in [0.3, 0.4) is 0 Å². The maximum Gasteiger partial charge on any atom is 0.417 e. The van der Waals surface area contributed by atoms with E-state index in [4.69, 9.17) is 4.74 Å². The Hall–Kier alpha value is -1.36. The summed E-state index contributed by atoms with van der Waals surface area (Å²) >= 11 is 3.06. The van der Waals surface area contributed by atoms with Crippen molar-refractivity contribution in [2.75, 3.05) is 5.33 Å². The van der Waals surface area contributed by atoms with Gasteiger partial charge in [0.1, 0.15) is 6.10 Å². The Bertz CT molecular complexity index is 435. The van der Waals surface area contributed by atoms with Crippen LogP contribution in [0.15, 0.2) is 30.3 Å². The van der Waals surface area contributed by atoms with Gasteiger partial charge in [0.25, 0.3) is 0 Å². The van der Waals surface area contributed by atoms with Gasteiger partial charge in [-0.25, -0.2) is 9.69 Å². The lowest BCUT2D eigenvalue weighted by Crippen LogP contribution is -2.38. The minimum Gasteiger partial charge on any atom is -0.439 e. The minimum absolute atomic E-state index is 0.119. The van der Waals surface area contributed by atoms with Crippen LogP contribution in [0, 0.1) is 0 Å². The number of alkyl halides is 1. The fraction of sp³-hybridized carbons (Fsp3) is 0.333. The summed E-state index contributed by atoms with van der Waals surface area (Å²) in [5.41, 5.74) is 0.901. The Kier molecular flexibility index (Phi) is 3.47. The van der Waals surface area contributed by atoms with Crippen molar-refractivity contribution >= 4 is 27.9 Å². The highest BCUT2D eigenvalue weighted by Crippen LogP contribution is 2.32. The molecule has 0 bridgehead atoms. The lowest BCUT2D eigenvalue weighted by atomic mass is 10.0. The molecule has 4 nitrogen and oxygen atoms in total. The Morgan fingerprint density at radius 3 is 2.65 bits per heavy atom. The molecule has 1 aliphatic heterocycles. The zero-order chi connectivity index (χ0) is 12.4. The van der Waals surface area contributed by atoms with E-state index >= 15 is 0 Å². The van der Waals surface area contributed by atoms with E-state index < -0.39 is 6.09 Å². The maximum atomic E-state index is 11.6. The van der Waals surface area contributed by atoms with Crippen molar-refractivity contribution in [2.45, 2.75) is 19.1 Å². The van der Waals surface area contributed by atoms with Gasteiger partial charge in [-0.3, -0.25) is 4.79 Å². The topological polar surface area (TPSA) is 46.6 Å². The third-order valence-corrected chi connectivity index (χ3v) is 3.26. The first-order chi connectivity index (χ1) is 8.15. The lowest BCUT2D eigenvalue weighted by Gasteiger charge is -2.18. The van der Waals surface area contributed by atoms with Gasteiger partial charge in [-0.15, -0.1) is 0 Å². The van der Waals surface area contributed by atoms with Gasteiger partial charge in [0.15, 0.2) is 0 Å². The van der Waals surface area contributed by atoms with Gasteiger partial charge in [0, 0.05) is 0 Å². The normalized spacial score (nSPS) is 23.6. The number of halogens is 1. The summed E-state index contributed by atoms with van der Waals surface area (Å²) in [6.45, 7) is 1.81. The number of amides is 2. The molecule has 17 heavy (non-hydrogen) atoms. The van der Waals surface area contributed by atoms with E-state index in [1.165, 1.54) is 0 Å². The number of carbonyl (C=O) groups excluding carboxylic acids is 2. The molecule has 0 aliphatic carbocycles. The van der Waals surface area contributed by atoms with Crippen molar-refractivity contribution in [2.24, 2.45) is 0 Å². The summed E-state index contributed by atoms with van der Waals surface area (Å²) in [5, 5.41) is 0.119. The van der Waals surface area contributed by atoms with Gasteiger partial charge in [-0.1, -0.05) is 46.3 Å². The van der Waals surface area contributed by atoms with Crippen molar-refractivity contribution < 1.29 is 14.3 Å². The first kappa shape index (κ1) is 12.1. The first-order valence-electron chi connectivity index (χ1n) is 5.28. The van der Waals surface area contributed by atoms with E-state index in [9.17, 15) is 9.59 Å². The standard InChI is InChI=1S/C12H12BrNO3/c1-8-11(9-5-3-2-4-6-9)17-12(16)14(8)10(15)7-13/h2-6,8,11H,7H2,1H3/t8-,11-/m0/s1. The van der Waals surface area contributed by atoms with E-state index in [0.29, 0.717) is 0 Å². The summed E-state index contributed by atoms with van der Waals surface area (Å²) < 4.78 is 5.24. The van der Waals surface area contributed by atoms with Crippen LogP contribution in [0.25, 0.3) is 0 Å². The molecule has 1 heterocycles. The van der Waals surface area contributed by atoms with Gasteiger partial charge in [-0.05, 0) is 12.5 Å². The van der Waals surface area contributed by atoms with E-state index in [1.54, 1.807) is 0 Å². The predicted molar refractivity (Wildman–Crippen MR) is 65.8 cm³/mol. The maximum absolute atomic E-state index is 11.6. The second-order valence-electron chi connectivity index (χ2n) is 3.85. The van der Waals surface area contributed by atoms with Crippen LogP contribution < -0.4 is 0 Å². The molecule has 2 rings (SSSR count). The third-order valence-electron chi connectivity index (χ3n) is 2.78. The van der Waals surface area contributed by atoms with Crippen molar-refractivity contribution in [3.8, 4) is 0 Å². The van der Waals surface area contributed by atoms with Crippen LogP contribution in [0.1, 0.15) is 18.6 Å². The molecule has 0 saturated carbocycles. The summed E-state index contributed by atoms with van der Waals surface area (Å²) in [5.74, 6) is -0.277. The van der Waals surface area contributed by atoms with Gasteiger partial charge in [-0.2, -0.15) is 0 Å². The number of cyclic esters (lactones) is 1. The Balaban J connectivity index is 2.24. The summed E-state index contributed by atoms with van der Waals surface area (Å²) in [4.78, 5) is 24.4. The summed E-state index contributed by atoms with van der Waals surface area (Å²) in [6.07, 6.45) is -0.956. The highest BCUT2D eigenvalue weighted by molar-refractivity contribution is 9.09. The van der Waals surface area contributed by atoms with Gasteiger partial charge in [0.2, 0.25) is 5.91 Å². The number of rotatable bonds is 2. The fourth-order valence-electron chi connectivity index (χ4n) is 1.95. The van der Waals surface area contributed by atoms with Crippen LogP contribution >= 0.6 is 15.9 Å². The molecule has 1 fully saturated rings. The molecule has 90 valence electrons. The molecule has 1 aliphatic rings. The number of ether oxygens (including phenoxy) is 1. The smallest absolute Gasteiger partial charge is 0.417 e. The zero-order valence-corrected chi connectivity index (χ0v) is 10.9. The molecule has 5 heteroatoms. The molecular weight excluding hydrogens is 286 g/mol. The Labute approximate surface area is 108 Å². The number of imide groups is 1. The number of hydrogen-bond acceptors (Lipinski definition) is 3. The monoisotopic (exact) mass is 297 g/mol. The molecule has 1 saturated heterocycles. The predicted octanol–water partition coefficient (Wildman–Crippen LogP) is 2.49. The summed E-state index contributed by atoms with van der Waals surface area (Å²) in [7, 11) is 0. The van der Waals surface area contributed by atoms with Gasteiger partial charge < -0.3 is 4.74 Å². The second-order valence-corrected chi connectivity index (χ2v) is 4.41. The zero-order valence-electron chi connectivity index (χ0n) is 9.30. The average molecular weight is 298 g/mol. The third kappa shape index (κ3) is 2.20. The molecule has 0 unspecified atom stereocenters. The molecule has 0 radical (unpaired) electrons. The molecule has 1 aromatic carbocycles. The van der Waals surface area contributed by atoms with Crippen molar-refractivity contribution in [1.29, 1.82) is 0 Å². The van der Waals surface area contributed by atoms with E-state index in [0.717, 1.165) is 10.5 Å². The molecular formula is C12H12BrNO3. The average Bonchev–Trinajstić information content (AvgIpc) is 2.65. The summed E-state index contributed by atoms with van der Waals surface area (Å²) in [6, 6.07) is 9.14. The van der Waals surface area contributed by atoms with Crippen LogP contribution in [-0.4, -0.2) is 28.3 Å². The number of benzene rings is 1. The lowest BCUT2D eigenvalue weighted by molar-refractivity contribution is -0.126. The Morgan fingerprint density at radius 1 is 1.41 bits per heavy atom. The highest BCUT2D eigenvalue weighted by atomic mass is 79.9. The first-order valence-corrected chi connectivity index (χ1v) is 6.41. The molecule has 1 aromatic rings. The largest absolute Gasteiger partial charge is 0.439 e. The molecule has 0 N–H and O–H groups in total. The van der Waals surface area contributed by atoms with E-state index in [-0.39, 0.29) is 23.4 Å². The van der Waals surface area contributed by atoms with Crippen molar-refractivity contribution in [3.05, 3.63) is 35.9 Å². The van der Waals surface area contributed by atoms with Crippen LogP contribution in [0.2, 0.25) is 0 Å². The quantitative estimate of drug-likeness (QED) is 0.788. The van der Waals surface area contributed by atoms with Crippen LogP contribution in [0.4, 0.5) is 4.79 Å². The SMILES string of the molecule is C[C@H]1[C@@H](c2ccccc2)OC(=O)N1C(=O)CBr. The van der Waals surface area contributed by atoms with Crippen LogP contribution in [0.5, 0.6) is 0 Å². The van der Waals surface area contributed by atoms with Crippen molar-refractivity contribution in [1.82, 2.24) is 4.90 Å². The molecule has 0 aromatic heterocycles. The minimum atomic E-state index is -0.573. The second kappa shape index (κ2) is 4.87. The highest BCUT2D eigenvalue weighted by Gasteiger charge is 2.42. The van der Waals surface area contributed by atoms with E-state index in [1.807, 2.05) is 37.3 Å². The molecule has 2 amide bonds. The van der Waals surface area contributed by atoms with Gasteiger partial charge >= 0.3 is 6.09 Å².